The molecule has 0 bridgehead atoms. The van der Waals surface area contributed by atoms with E-state index in [1.807, 2.05) is 0 Å². The van der Waals surface area contributed by atoms with Crippen molar-refractivity contribution in [2.75, 3.05) is 5.88 Å². The Balaban J connectivity index is 2.14. The number of ether oxygens (including phenoxy) is 1. The number of halogens is 3. The fourth-order valence-corrected chi connectivity index (χ4v) is 1.80. The molecule has 2 rings (SSSR count). The van der Waals surface area contributed by atoms with E-state index < -0.39 is 0 Å². The summed E-state index contributed by atoms with van der Waals surface area (Å²) in [5.74, 6) is 1.25. The van der Waals surface area contributed by atoms with Crippen LogP contribution in [-0.2, 0) is 0 Å². The maximum absolute atomic E-state index is 5.86. The number of rotatable bonds is 3. The van der Waals surface area contributed by atoms with E-state index in [1.165, 1.54) is 0 Å². The number of hydrogen-bond acceptors (Lipinski definition) is 1. The highest BCUT2D eigenvalue weighted by Crippen LogP contribution is 2.42. The van der Waals surface area contributed by atoms with Gasteiger partial charge in [0.1, 0.15) is 11.4 Å². The molecule has 0 heterocycles. The minimum atomic E-state index is -0.154. The third kappa shape index (κ3) is 2.10. The Bertz CT molecular complexity index is 347. The molecule has 1 nitrogen and oxygen atoms in total. The largest absolute Gasteiger partial charge is 0.486 e. The van der Waals surface area contributed by atoms with Crippen LogP contribution in [0.1, 0.15) is 12.8 Å². The minimum Gasteiger partial charge on any atom is -0.486 e. The van der Waals surface area contributed by atoms with Gasteiger partial charge in [-0.2, -0.15) is 0 Å². The summed E-state index contributed by atoms with van der Waals surface area (Å²) in [5.41, 5.74) is -0.154. The van der Waals surface area contributed by atoms with Crippen LogP contribution in [0.25, 0.3) is 0 Å². The van der Waals surface area contributed by atoms with Crippen molar-refractivity contribution >= 4 is 34.8 Å². The van der Waals surface area contributed by atoms with Gasteiger partial charge in [-0.3, -0.25) is 0 Å². The first-order valence-corrected chi connectivity index (χ1v) is 5.64. The van der Waals surface area contributed by atoms with E-state index in [-0.39, 0.29) is 5.60 Å². The van der Waals surface area contributed by atoms with E-state index >= 15 is 0 Å². The highest BCUT2D eigenvalue weighted by atomic mass is 35.5. The molecule has 1 aliphatic carbocycles. The molecular weight excluding hydrogens is 242 g/mol. The zero-order valence-corrected chi connectivity index (χ0v) is 9.66. The van der Waals surface area contributed by atoms with Crippen molar-refractivity contribution in [3.63, 3.8) is 0 Å². The van der Waals surface area contributed by atoms with Crippen LogP contribution < -0.4 is 4.74 Å². The number of benzene rings is 1. The van der Waals surface area contributed by atoms with Gasteiger partial charge in [0.25, 0.3) is 0 Å². The van der Waals surface area contributed by atoms with E-state index in [2.05, 4.69) is 0 Å². The lowest BCUT2D eigenvalue weighted by Crippen LogP contribution is -2.19. The molecule has 4 heteroatoms. The van der Waals surface area contributed by atoms with Crippen molar-refractivity contribution in [3.05, 3.63) is 28.2 Å². The van der Waals surface area contributed by atoms with E-state index in [0.717, 1.165) is 18.6 Å². The van der Waals surface area contributed by atoms with Crippen molar-refractivity contribution in [1.29, 1.82) is 0 Å². The molecule has 1 aliphatic rings. The third-order valence-corrected chi connectivity index (χ3v) is 3.50. The second-order valence-electron chi connectivity index (χ2n) is 3.49. The first-order valence-electron chi connectivity index (χ1n) is 4.35. The lowest BCUT2D eigenvalue weighted by Gasteiger charge is -2.15. The Kier molecular flexibility index (Phi) is 2.83. The van der Waals surface area contributed by atoms with Crippen LogP contribution >= 0.6 is 34.8 Å². The summed E-state index contributed by atoms with van der Waals surface area (Å²) in [6.45, 7) is 0. The summed E-state index contributed by atoms with van der Waals surface area (Å²) < 4.78 is 5.72. The Labute approximate surface area is 97.9 Å². The van der Waals surface area contributed by atoms with Gasteiger partial charge < -0.3 is 4.74 Å². The van der Waals surface area contributed by atoms with Crippen molar-refractivity contribution in [1.82, 2.24) is 0 Å². The summed E-state index contributed by atoms with van der Waals surface area (Å²) in [7, 11) is 0. The van der Waals surface area contributed by atoms with Crippen LogP contribution in [0.4, 0.5) is 0 Å². The Morgan fingerprint density at radius 2 is 1.93 bits per heavy atom. The van der Waals surface area contributed by atoms with Gasteiger partial charge >= 0.3 is 0 Å². The molecule has 0 unspecified atom stereocenters. The lowest BCUT2D eigenvalue weighted by atomic mass is 10.3. The van der Waals surface area contributed by atoms with Crippen molar-refractivity contribution in [2.24, 2.45) is 0 Å². The fraction of sp³-hybridized carbons (Fsp3) is 0.400. The van der Waals surface area contributed by atoms with Gasteiger partial charge in [-0.15, -0.1) is 11.6 Å². The van der Waals surface area contributed by atoms with E-state index in [0.29, 0.717) is 15.9 Å². The zero-order valence-electron chi connectivity index (χ0n) is 7.40. The molecule has 0 saturated heterocycles. The molecular formula is C10H9Cl3O. The average Bonchev–Trinajstić information content (AvgIpc) is 2.93. The average molecular weight is 252 g/mol. The maximum atomic E-state index is 5.86. The summed E-state index contributed by atoms with van der Waals surface area (Å²) >= 11 is 17.4. The highest BCUT2D eigenvalue weighted by Gasteiger charge is 2.44. The molecule has 76 valence electrons. The fourth-order valence-electron chi connectivity index (χ4n) is 1.19. The normalized spacial score (nSPS) is 17.9. The van der Waals surface area contributed by atoms with Crippen molar-refractivity contribution in [3.8, 4) is 5.75 Å². The van der Waals surface area contributed by atoms with Gasteiger partial charge in [0.2, 0.25) is 0 Å². The quantitative estimate of drug-likeness (QED) is 0.734. The molecule has 0 atom stereocenters. The third-order valence-electron chi connectivity index (χ3n) is 2.28. The van der Waals surface area contributed by atoms with Gasteiger partial charge in [0.15, 0.2) is 0 Å². The summed E-state index contributed by atoms with van der Waals surface area (Å²) in [5, 5.41) is 1.05. The van der Waals surface area contributed by atoms with Gasteiger partial charge in [-0.05, 0) is 25.0 Å². The summed E-state index contributed by atoms with van der Waals surface area (Å²) in [6, 6.07) is 5.25. The van der Waals surface area contributed by atoms with Crippen molar-refractivity contribution < 1.29 is 4.74 Å². The van der Waals surface area contributed by atoms with E-state index in [4.69, 9.17) is 39.5 Å². The highest BCUT2D eigenvalue weighted by molar-refractivity contribution is 6.42. The Hall–Kier alpha value is -0.110. The predicted molar refractivity (Wildman–Crippen MR) is 59.8 cm³/mol. The van der Waals surface area contributed by atoms with Gasteiger partial charge in [-0.1, -0.05) is 23.2 Å². The molecule has 0 spiro atoms. The molecule has 14 heavy (non-hydrogen) atoms. The SMILES string of the molecule is ClCC1(Oc2ccc(Cl)c(Cl)c2)CC1. The van der Waals surface area contributed by atoms with Gasteiger partial charge in [0.05, 0.1) is 15.9 Å². The minimum absolute atomic E-state index is 0.154. The maximum Gasteiger partial charge on any atom is 0.123 e. The standard InChI is InChI=1S/C10H9Cl3O/c11-6-10(3-4-10)14-7-1-2-8(12)9(13)5-7/h1-2,5H,3-4,6H2. The zero-order chi connectivity index (χ0) is 10.2. The molecule has 1 aromatic rings. The Morgan fingerprint density at radius 3 is 2.43 bits per heavy atom. The molecule has 1 aromatic carbocycles. The van der Waals surface area contributed by atoms with Gasteiger partial charge in [0, 0.05) is 6.07 Å². The smallest absolute Gasteiger partial charge is 0.123 e. The topological polar surface area (TPSA) is 9.23 Å². The van der Waals surface area contributed by atoms with Crippen LogP contribution in [0, 0.1) is 0 Å². The first-order chi connectivity index (χ1) is 6.65. The number of hydrogen-bond donors (Lipinski definition) is 0. The predicted octanol–water partition coefficient (Wildman–Crippen LogP) is 4.14. The van der Waals surface area contributed by atoms with Crippen LogP contribution in [0.15, 0.2) is 18.2 Å². The van der Waals surface area contributed by atoms with Crippen LogP contribution in [-0.4, -0.2) is 11.5 Å². The molecule has 0 radical (unpaired) electrons. The van der Waals surface area contributed by atoms with E-state index in [9.17, 15) is 0 Å². The molecule has 0 aromatic heterocycles. The van der Waals surface area contributed by atoms with Crippen LogP contribution in [0.5, 0.6) is 5.75 Å². The number of alkyl halides is 1. The lowest BCUT2D eigenvalue weighted by molar-refractivity contribution is 0.204. The molecule has 1 fully saturated rings. The summed E-state index contributed by atoms with van der Waals surface area (Å²) in [6.07, 6.45) is 2.02. The second kappa shape index (κ2) is 3.80. The molecule has 0 amide bonds. The monoisotopic (exact) mass is 250 g/mol. The van der Waals surface area contributed by atoms with Crippen LogP contribution in [0.3, 0.4) is 0 Å². The Morgan fingerprint density at radius 1 is 1.21 bits per heavy atom. The van der Waals surface area contributed by atoms with E-state index in [1.54, 1.807) is 18.2 Å². The second-order valence-corrected chi connectivity index (χ2v) is 4.58. The molecule has 0 aliphatic heterocycles. The molecule has 0 N–H and O–H groups in total. The molecule has 1 saturated carbocycles. The summed E-state index contributed by atoms with van der Waals surface area (Å²) in [4.78, 5) is 0. The van der Waals surface area contributed by atoms with Crippen LogP contribution in [0.2, 0.25) is 10.0 Å². The van der Waals surface area contributed by atoms with Gasteiger partial charge in [-0.25, -0.2) is 0 Å². The van der Waals surface area contributed by atoms with Crippen molar-refractivity contribution in [2.45, 2.75) is 18.4 Å². The first kappa shape index (κ1) is 10.4.